The molecule has 0 unspecified atom stereocenters. The first-order valence-corrected chi connectivity index (χ1v) is 8.94. The summed E-state index contributed by atoms with van der Waals surface area (Å²) in [6.45, 7) is 4.09. The summed E-state index contributed by atoms with van der Waals surface area (Å²) in [5.74, 6) is 0.208. The Morgan fingerprint density at radius 3 is 2.46 bits per heavy atom. The highest BCUT2D eigenvalue weighted by Gasteiger charge is 2.13. The summed E-state index contributed by atoms with van der Waals surface area (Å²) in [4.78, 5) is 8.43. The van der Waals surface area contributed by atoms with Gasteiger partial charge in [0, 0.05) is 18.1 Å². The number of sulfone groups is 1. The highest BCUT2D eigenvalue weighted by atomic mass is 127. The number of rotatable bonds is 4. The summed E-state index contributed by atoms with van der Waals surface area (Å²) < 4.78 is 23.5. The Hall–Kier alpha value is -1.68. The fraction of sp³-hybridized carbons (Fsp3) is 0.250. The highest BCUT2D eigenvalue weighted by Crippen LogP contribution is 2.15. The number of nitrogens with zero attached hydrogens (tertiary/aromatic N) is 2. The maximum Gasteiger partial charge on any atom is 0.193 e. The van der Waals surface area contributed by atoms with Gasteiger partial charge in [-0.15, -0.1) is 24.0 Å². The number of hydrogen-bond donors (Lipinski definition) is 2. The van der Waals surface area contributed by atoms with Crippen LogP contribution in [-0.4, -0.2) is 25.6 Å². The van der Waals surface area contributed by atoms with Gasteiger partial charge in [0.2, 0.25) is 0 Å². The average molecular weight is 460 g/mol. The van der Waals surface area contributed by atoms with Crippen molar-refractivity contribution in [2.75, 3.05) is 11.6 Å². The number of nitrogens with one attached hydrogen (secondary N) is 1. The molecule has 0 bridgehead atoms. The quantitative estimate of drug-likeness (QED) is 0.416. The van der Waals surface area contributed by atoms with Crippen LogP contribution >= 0.6 is 24.0 Å². The Bertz CT molecular complexity index is 831. The van der Waals surface area contributed by atoms with E-state index in [0.29, 0.717) is 5.69 Å². The van der Waals surface area contributed by atoms with Crippen LogP contribution in [0.3, 0.4) is 0 Å². The average Bonchev–Trinajstić information content (AvgIpc) is 2.43. The second kappa shape index (κ2) is 8.43. The Balaban J connectivity index is 0.00000288. The minimum Gasteiger partial charge on any atom is -0.370 e. The first-order valence-electron chi connectivity index (χ1n) is 7.05. The third kappa shape index (κ3) is 5.75. The summed E-state index contributed by atoms with van der Waals surface area (Å²) in [5, 5.41) is 3.00. The summed E-state index contributed by atoms with van der Waals surface area (Å²) >= 11 is 0. The van der Waals surface area contributed by atoms with Crippen LogP contribution in [0.15, 0.2) is 46.4 Å². The van der Waals surface area contributed by atoms with Crippen LogP contribution in [0.25, 0.3) is 0 Å². The highest BCUT2D eigenvalue weighted by molar-refractivity contribution is 14.0. The van der Waals surface area contributed by atoms with Crippen LogP contribution in [0.1, 0.15) is 16.8 Å². The van der Waals surface area contributed by atoms with Crippen molar-refractivity contribution in [3.8, 4) is 0 Å². The number of nitrogens with two attached hydrogens (primary N) is 1. The zero-order valence-electron chi connectivity index (χ0n) is 13.8. The molecule has 3 N–H and O–H groups in total. The monoisotopic (exact) mass is 460 g/mol. The van der Waals surface area contributed by atoms with Gasteiger partial charge in [-0.25, -0.2) is 13.4 Å². The molecule has 0 spiro atoms. The Morgan fingerprint density at radius 1 is 1.25 bits per heavy atom. The molecular formula is C16H21IN4O2S. The topological polar surface area (TPSA) is 97.4 Å². The first-order chi connectivity index (χ1) is 10.8. The predicted octanol–water partition coefficient (Wildman–Crippen LogP) is 2.65. The standard InChI is InChI=1S/C16H20N4O2S.HI/c1-11-7-12(2)9-13(8-11)20-16(17)19-10-14-15(23(3,21)22)5-4-6-18-14;/h4-9H,10H2,1-3H3,(H3,17,19,20);1H. The van der Waals surface area contributed by atoms with E-state index in [1.807, 2.05) is 26.0 Å². The molecule has 0 aliphatic heterocycles. The molecule has 0 atom stereocenters. The minimum atomic E-state index is -3.34. The van der Waals surface area contributed by atoms with E-state index >= 15 is 0 Å². The molecule has 0 amide bonds. The van der Waals surface area contributed by atoms with E-state index in [0.717, 1.165) is 23.1 Å². The van der Waals surface area contributed by atoms with Gasteiger partial charge >= 0.3 is 0 Å². The van der Waals surface area contributed by atoms with E-state index in [1.54, 1.807) is 6.07 Å². The molecule has 0 aliphatic rings. The van der Waals surface area contributed by atoms with Crippen molar-refractivity contribution in [1.82, 2.24) is 4.98 Å². The molecule has 0 radical (unpaired) electrons. The number of benzene rings is 1. The van der Waals surface area contributed by atoms with Gasteiger partial charge in [0.1, 0.15) is 0 Å². The fourth-order valence-corrected chi connectivity index (χ4v) is 3.14. The largest absolute Gasteiger partial charge is 0.370 e. The van der Waals surface area contributed by atoms with E-state index in [-0.39, 0.29) is 41.4 Å². The normalized spacial score (nSPS) is 11.7. The molecule has 1 heterocycles. The molecule has 1 aromatic heterocycles. The van der Waals surface area contributed by atoms with E-state index in [4.69, 9.17) is 5.73 Å². The van der Waals surface area contributed by atoms with Gasteiger partial charge in [-0.1, -0.05) is 6.07 Å². The van der Waals surface area contributed by atoms with Crippen LogP contribution in [0.5, 0.6) is 0 Å². The van der Waals surface area contributed by atoms with Crippen molar-refractivity contribution in [3.05, 3.63) is 53.3 Å². The minimum absolute atomic E-state index is 0. The van der Waals surface area contributed by atoms with Gasteiger partial charge in [-0.3, -0.25) is 4.98 Å². The summed E-state index contributed by atoms with van der Waals surface area (Å²) in [7, 11) is -3.34. The number of halogens is 1. The second-order valence-electron chi connectivity index (χ2n) is 5.42. The zero-order chi connectivity index (χ0) is 17.0. The number of pyridine rings is 1. The van der Waals surface area contributed by atoms with Crippen molar-refractivity contribution in [2.45, 2.75) is 25.3 Å². The molecule has 6 nitrogen and oxygen atoms in total. The molecule has 2 aromatic rings. The molecule has 130 valence electrons. The molecule has 0 fully saturated rings. The number of guanidine groups is 1. The number of aromatic nitrogens is 1. The maximum absolute atomic E-state index is 11.7. The Labute approximate surface area is 159 Å². The van der Waals surface area contributed by atoms with Crippen molar-refractivity contribution < 1.29 is 8.42 Å². The SMILES string of the molecule is Cc1cc(C)cc(NC(N)=NCc2ncccc2S(C)(=O)=O)c1.I. The molecule has 0 saturated heterocycles. The lowest BCUT2D eigenvalue weighted by atomic mass is 10.1. The number of aryl methyl sites for hydroxylation is 2. The Kier molecular flexibility index (Phi) is 7.15. The lowest BCUT2D eigenvalue weighted by Gasteiger charge is -2.09. The van der Waals surface area contributed by atoms with Gasteiger partial charge in [0.25, 0.3) is 0 Å². The molecule has 1 aromatic carbocycles. The van der Waals surface area contributed by atoms with Gasteiger partial charge in [0.05, 0.1) is 17.1 Å². The molecule has 0 aliphatic carbocycles. The van der Waals surface area contributed by atoms with Crippen LogP contribution < -0.4 is 11.1 Å². The van der Waals surface area contributed by atoms with E-state index in [2.05, 4.69) is 21.4 Å². The van der Waals surface area contributed by atoms with Gasteiger partial charge in [-0.2, -0.15) is 0 Å². The first kappa shape index (κ1) is 20.4. The van der Waals surface area contributed by atoms with Crippen molar-refractivity contribution >= 4 is 45.5 Å². The van der Waals surface area contributed by atoms with Crippen LogP contribution in [0.4, 0.5) is 5.69 Å². The number of anilines is 1. The van der Waals surface area contributed by atoms with Crippen molar-refractivity contribution in [3.63, 3.8) is 0 Å². The van der Waals surface area contributed by atoms with E-state index < -0.39 is 9.84 Å². The van der Waals surface area contributed by atoms with E-state index in [9.17, 15) is 8.42 Å². The fourth-order valence-electron chi connectivity index (χ4n) is 2.27. The number of aliphatic imine (C=N–C) groups is 1. The smallest absolute Gasteiger partial charge is 0.193 e. The molecule has 2 rings (SSSR count). The maximum atomic E-state index is 11.7. The molecule has 8 heteroatoms. The third-order valence-corrected chi connectivity index (χ3v) is 4.31. The summed E-state index contributed by atoms with van der Waals surface area (Å²) in [6.07, 6.45) is 2.68. The molecule has 0 saturated carbocycles. The van der Waals surface area contributed by atoms with Crippen LogP contribution in [0, 0.1) is 13.8 Å². The summed E-state index contributed by atoms with van der Waals surface area (Å²) in [5.41, 5.74) is 9.32. The lowest BCUT2D eigenvalue weighted by Crippen LogP contribution is -2.23. The lowest BCUT2D eigenvalue weighted by molar-refractivity contribution is 0.600. The molecular weight excluding hydrogens is 439 g/mol. The molecule has 24 heavy (non-hydrogen) atoms. The van der Waals surface area contributed by atoms with Crippen LogP contribution in [-0.2, 0) is 16.4 Å². The van der Waals surface area contributed by atoms with Crippen LogP contribution in [0.2, 0.25) is 0 Å². The predicted molar refractivity (Wildman–Crippen MR) is 108 cm³/mol. The summed E-state index contributed by atoms with van der Waals surface area (Å²) in [6, 6.07) is 9.07. The number of hydrogen-bond acceptors (Lipinski definition) is 4. The Morgan fingerprint density at radius 2 is 1.88 bits per heavy atom. The van der Waals surface area contributed by atoms with Crippen molar-refractivity contribution in [1.29, 1.82) is 0 Å². The zero-order valence-corrected chi connectivity index (χ0v) is 16.9. The second-order valence-corrected chi connectivity index (χ2v) is 7.41. The van der Waals surface area contributed by atoms with Gasteiger partial charge < -0.3 is 11.1 Å². The third-order valence-electron chi connectivity index (χ3n) is 3.14. The van der Waals surface area contributed by atoms with E-state index in [1.165, 1.54) is 12.3 Å². The van der Waals surface area contributed by atoms with Gasteiger partial charge in [-0.05, 0) is 49.2 Å². The van der Waals surface area contributed by atoms with Gasteiger partial charge in [0.15, 0.2) is 15.8 Å². The van der Waals surface area contributed by atoms with Crippen molar-refractivity contribution in [2.24, 2.45) is 10.7 Å².